The number of benzene rings is 2. The molecule has 1 aromatic heterocycles. The van der Waals surface area contributed by atoms with Gasteiger partial charge in [-0.15, -0.1) is 0 Å². The van der Waals surface area contributed by atoms with Crippen LogP contribution in [0.3, 0.4) is 0 Å². The van der Waals surface area contributed by atoms with Crippen LogP contribution in [0.5, 0.6) is 5.75 Å². The number of methoxy groups -OCH3 is 1. The fraction of sp³-hybridized carbons (Fsp3) is 0.333. The molecule has 0 aliphatic carbocycles. The number of nitrogens with zero attached hydrogens (tertiary/aromatic N) is 2. The second-order valence-corrected chi connectivity index (χ2v) is 8.23. The summed E-state index contributed by atoms with van der Waals surface area (Å²) in [6.45, 7) is 0. The van der Waals surface area contributed by atoms with E-state index in [1.807, 2.05) is 6.07 Å². The molecular formula is C24H26ClFN4O4. The van der Waals surface area contributed by atoms with Crippen molar-refractivity contribution in [2.45, 2.75) is 44.9 Å². The molecule has 180 valence electrons. The van der Waals surface area contributed by atoms with E-state index >= 15 is 0 Å². The topological polar surface area (TPSA) is 113 Å². The lowest BCUT2D eigenvalue weighted by atomic mass is 10.0. The maximum Gasteiger partial charge on any atom is 0.243 e. The molecule has 2 aromatic carbocycles. The van der Waals surface area contributed by atoms with Gasteiger partial charge in [-0.1, -0.05) is 24.4 Å². The predicted octanol–water partition coefficient (Wildman–Crippen LogP) is 5.13. The molecule has 0 spiro atoms. The van der Waals surface area contributed by atoms with E-state index in [9.17, 15) is 14.0 Å². The van der Waals surface area contributed by atoms with Gasteiger partial charge in [-0.3, -0.25) is 14.8 Å². The number of ether oxygens (including phenoxy) is 1. The maximum absolute atomic E-state index is 13.5. The third-order valence-electron chi connectivity index (χ3n) is 5.34. The molecule has 3 rings (SSSR count). The fourth-order valence-electron chi connectivity index (χ4n) is 3.59. The number of amides is 1. The predicted molar refractivity (Wildman–Crippen MR) is 127 cm³/mol. The number of hydrogen-bond acceptors (Lipinski definition) is 7. The molecule has 3 N–H and O–H groups in total. The molecule has 1 amide bonds. The van der Waals surface area contributed by atoms with Crippen molar-refractivity contribution in [3.63, 3.8) is 0 Å². The molecule has 8 nitrogen and oxygen atoms in total. The van der Waals surface area contributed by atoms with Crippen molar-refractivity contribution in [2.24, 2.45) is 0 Å². The highest BCUT2D eigenvalue weighted by molar-refractivity contribution is 6.31. The Hall–Kier alpha value is -3.30. The minimum atomic E-state index is -0.513. The lowest BCUT2D eigenvalue weighted by molar-refractivity contribution is -0.129. The zero-order chi connectivity index (χ0) is 24.5. The third kappa shape index (κ3) is 6.85. The SMILES string of the molecule is COc1cc2ncnc(Nc3ccc(F)c(Cl)c3)c2cc1CC(=O)CCCCCCC(=O)NO. The van der Waals surface area contributed by atoms with E-state index < -0.39 is 11.7 Å². The number of hydroxylamine groups is 1. The van der Waals surface area contributed by atoms with Gasteiger partial charge in [0, 0.05) is 42.0 Å². The molecule has 34 heavy (non-hydrogen) atoms. The number of carbonyl (C=O) groups is 2. The monoisotopic (exact) mass is 488 g/mol. The average molecular weight is 489 g/mol. The van der Waals surface area contributed by atoms with Crippen molar-refractivity contribution in [2.75, 3.05) is 12.4 Å². The van der Waals surface area contributed by atoms with Crippen LogP contribution in [0.4, 0.5) is 15.9 Å². The van der Waals surface area contributed by atoms with E-state index in [2.05, 4.69) is 15.3 Å². The fourth-order valence-corrected chi connectivity index (χ4v) is 3.77. The number of rotatable bonds is 12. The number of Topliss-reactive ketones (excluding diaryl/α,β-unsaturated/α-hetero) is 1. The lowest BCUT2D eigenvalue weighted by Gasteiger charge is -2.13. The third-order valence-corrected chi connectivity index (χ3v) is 5.63. The summed E-state index contributed by atoms with van der Waals surface area (Å²) in [7, 11) is 1.54. The molecule has 0 bridgehead atoms. The standard InChI is InChI=1S/C24H26ClFN4O4/c1-34-22-13-21-18(24(28-14-27-21)29-16-8-9-20(26)19(25)12-16)11-15(22)10-17(31)6-4-2-3-5-7-23(32)30-33/h8-9,11-14,33H,2-7,10H2,1H3,(H,30,32)(H,27,28,29). The first-order valence-electron chi connectivity index (χ1n) is 10.9. The van der Waals surface area contributed by atoms with Crippen molar-refractivity contribution in [3.05, 3.63) is 53.1 Å². The van der Waals surface area contributed by atoms with Gasteiger partial charge in [0.15, 0.2) is 0 Å². The molecule has 3 aromatic rings. The normalized spacial score (nSPS) is 10.8. The average Bonchev–Trinajstić information content (AvgIpc) is 2.83. The Balaban J connectivity index is 1.69. The van der Waals surface area contributed by atoms with Crippen LogP contribution >= 0.6 is 11.6 Å². The second-order valence-electron chi connectivity index (χ2n) is 7.82. The quantitative estimate of drug-likeness (QED) is 0.184. The van der Waals surface area contributed by atoms with Gasteiger partial charge in [0.25, 0.3) is 0 Å². The lowest BCUT2D eigenvalue weighted by Crippen LogP contribution is -2.17. The highest BCUT2D eigenvalue weighted by Crippen LogP contribution is 2.31. The summed E-state index contributed by atoms with van der Waals surface area (Å²) in [5, 5.41) is 12.3. The number of halogens is 2. The second kappa shape index (κ2) is 12.2. The molecular weight excluding hydrogens is 463 g/mol. The number of fused-ring (bicyclic) bond motifs is 1. The van der Waals surface area contributed by atoms with E-state index in [-0.39, 0.29) is 23.6 Å². The van der Waals surface area contributed by atoms with Crippen LogP contribution in [0.1, 0.15) is 44.1 Å². The molecule has 0 aliphatic heterocycles. The van der Waals surface area contributed by atoms with Gasteiger partial charge in [0.05, 0.1) is 17.6 Å². The Labute approximate surface area is 201 Å². The maximum atomic E-state index is 13.5. The number of aromatic nitrogens is 2. The number of carbonyl (C=O) groups excluding carboxylic acids is 2. The van der Waals surface area contributed by atoms with Crippen LogP contribution in [0, 0.1) is 5.82 Å². The van der Waals surface area contributed by atoms with Crippen molar-refractivity contribution in [1.29, 1.82) is 0 Å². The molecule has 1 heterocycles. The highest BCUT2D eigenvalue weighted by atomic mass is 35.5. The summed E-state index contributed by atoms with van der Waals surface area (Å²) < 4.78 is 19.0. The molecule has 0 saturated carbocycles. The summed E-state index contributed by atoms with van der Waals surface area (Å²) >= 11 is 5.88. The van der Waals surface area contributed by atoms with Crippen LogP contribution in [0.15, 0.2) is 36.7 Å². The Morgan fingerprint density at radius 3 is 2.56 bits per heavy atom. The molecule has 0 aliphatic rings. The minimum Gasteiger partial charge on any atom is -0.496 e. The van der Waals surface area contributed by atoms with Crippen LogP contribution in [-0.2, 0) is 16.0 Å². The van der Waals surface area contributed by atoms with Gasteiger partial charge in [-0.2, -0.15) is 0 Å². The number of anilines is 2. The van der Waals surface area contributed by atoms with Crippen LogP contribution in [0.25, 0.3) is 10.9 Å². The van der Waals surface area contributed by atoms with Gasteiger partial charge in [-0.25, -0.2) is 19.8 Å². The molecule has 0 atom stereocenters. The Kier molecular flexibility index (Phi) is 9.12. The largest absolute Gasteiger partial charge is 0.496 e. The first kappa shape index (κ1) is 25.3. The smallest absolute Gasteiger partial charge is 0.243 e. The zero-order valence-electron chi connectivity index (χ0n) is 18.7. The van der Waals surface area contributed by atoms with E-state index in [0.29, 0.717) is 41.0 Å². The van der Waals surface area contributed by atoms with E-state index in [4.69, 9.17) is 21.5 Å². The number of ketones is 1. The number of hydrogen-bond donors (Lipinski definition) is 3. The summed E-state index contributed by atoms with van der Waals surface area (Å²) in [4.78, 5) is 32.2. The number of nitrogens with one attached hydrogen (secondary N) is 2. The molecule has 0 fully saturated rings. The molecule has 0 radical (unpaired) electrons. The first-order chi connectivity index (χ1) is 16.4. The van der Waals surface area contributed by atoms with Crippen molar-refractivity contribution < 1.29 is 23.9 Å². The van der Waals surface area contributed by atoms with Gasteiger partial charge < -0.3 is 10.1 Å². The summed E-state index contributed by atoms with van der Waals surface area (Å²) in [5.41, 5.74) is 3.52. The highest BCUT2D eigenvalue weighted by Gasteiger charge is 2.14. The van der Waals surface area contributed by atoms with E-state index in [1.54, 1.807) is 24.7 Å². The van der Waals surface area contributed by atoms with Crippen molar-refractivity contribution in [1.82, 2.24) is 15.4 Å². The van der Waals surface area contributed by atoms with E-state index in [1.165, 1.54) is 18.5 Å². The van der Waals surface area contributed by atoms with Crippen LogP contribution < -0.4 is 15.5 Å². The Bertz CT molecular complexity index is 1180. The van der Waals surface area contributed by atoms with Crippen LogP contribution in [-0.4, -0.2) is 34.0 Å². The Morgan fingerprint density at radius 1 is 1.09 bits per heavy atom. The van der Waals surface area contributed by atoms with Gasteiger partial charge in [-0.05, 0) is 37.1 Å². The minimum absolute atomic E-state index is 0.00650. The van der Waals surface area contributed by atoms with Crippen LogP contribution in [0.2, 0.25) is 5.02 Å². The first-order valence-corrected chi connectivity index (χ1v) is 11.3. The summed E-state index contributed by atoms with van der Waals surface area (Å²) in [6, 6.07) is 7.87. The summed E-state index contributed by atoms with van der Waals surface area (Å²) in [5.74, 6) is 0.213. The van der Waals surface area contributed by atoms with Gasteiger partial charge >= 0.3 is 0 Å². The van der Waals surface area contributed by atoms with E-state index in [0.717, 1.165) is 24.8 Å². The van der Waals surface area contributed by atoms with Crippen molar-refractivity contribution in [3.8, 4) is 5.75 Å². The zero-order valence-corrected chi connectivity index (χ0v) is 19.5. The Morgan fingerprint density at radius 2 is 1.85 bits per heavy atom. The molecule has 0 saturated heterocycles. The van der Waals surface area contributed by atoms with Crippen molar-refractivity contribution >= 4 is 45.7 Å². The number of unbranched alkanes of at least 4 members (excludes halogenated alkanes) is 3. The molecule has 0 unspecified atom stereocenters. The van der Waals surface area contributed by atoms with Gasteiger partial charge in [0.2, 0.25) is 5.91 Å². The van der Waals surface area contributed by atoms with Gasteiger partial charge in [0.1, 0.15) is 29.5 Å². The molecule has 10 heteroatoms. The summed E-state index contributed by atoms with van der Waals surface area (Å²) in [6.07, 6.45) is 5.29.